The first-order chi connectivity index (χ1) is 24.2. The van der Waals surface area contributed by atoms with Gasteiger partial charge in [0.2, 0.25) is 0 Å². The zero-order valence-electron chi connectivity index (χ0n) is 32.0. The normalized spacial score (nSPS) is 18.6. The number of hydrogen-bond acceptors (Lipinski definition) is 0. The quantitative estimate of drug-likeness (QED) is 0.199. The van der Waals surface area contributed by atoms with Crippen molar-refractivity contribution in [3.8, 4) is 11.1 Å². The van der Waals surface area contributed by atoms with Crippen molar-refractivity contribution < 1.29 is 44.1 Å². The monoisotopic (exact) mass is 854 g/mol. The van der Waals surface area contributed by atoms with Gasteiger partial charge >= 0.3 is 321 Å². The summed E-state index contributed by atoms with van der Waals surface area (Å²) >= 11 is 9.04. The summed E-state index contributed by atoms with van der Waals surface area (Å²) in [7, 11) is 0. The first-order valence-corrected chi connectivity index (χ1v) is 24.8. The fourth-order valence-corrected chi connectivity index (χ4v) is 23.1. The molecule has 0 aliphatic heterocycles. The third kappa shape index (κ3) is 6.91. The summed E-state index contributed by atoms with van der Waals surface area (Å²) in [6.45, 7) is 19.0. The number of halogens is 4. The fourth-order valence-electron chi connectivity index (χ4n) is 9.53. The molecule has 4 aromatic carbocycles. The standard InChI is InChI=1S/C27H29.2C7H5Cl.C7H9.2ClH.Zr/c1-16-7-9-26(3,4)24-12-18-11-19-13-25-21(17(2)8-10-27(25,5)6)15-23(19)22(18)14-20(16)24;2*1-6-2-4-7(8)5-3-6;1-6-3-4-7(2)5-6;;;/h7-8,11-15H,9-10H2,1-6H3;2*1-5H;3,5,7H,1-2H3;2*1H;/q;;;;;;+2/p-2. The van der Waals surface area contributed by atoms with Crippen molar-refractivity contribution in [2.75, 3.05) is 0 Å². The fraction of sp³-hybridized carbons (Fsp3) is 0.292. The predicted molar refractivity (Wildman–Crippen MR) is 221 cm³/mol. The Hall–Kier alpha value is -2.38. The van der Waals surface area contributed by atoms with Crippen LogP contribution in [0.3, 0.4) is 0 Å². The molecular weight excluding hydrogens is 810 g/mol. The molecule has 0 heterocycles. The molecule has 8 rings (SSSR count). The maximum Gasteiger partial charge on any atom is -1.00 e. The number of rotatable bonds is 4. The van der Waals surface area contributed by atoms with E-state index >= 15 is 0 Å². The Morgan fingerprint density at radius 2 is 1.04 bits per heavy atom. The molecule has 1 unspecified atom stereocenters. The van der Waals surface area contributed by atoms with Gasteiger partial charge in [-0.05, 0) is 0 Å². The summed E-state index contributed by atoms with van der Waals surface area (Å²) in [5.41, 5.74) is 18.4. The van der Waals surface area contributed by atoms with Crippen LogP contribution in [0.2, 0.25) is 10.0 Å². The molecule has 0 spiro atoms. The zero-order valence-corrected chi connectivity index (χ0v) is 37.5. The van der Waals surface area contributed by atoms with E-state index in [1.807, 2.05) is 0 Å². The summed E-state index contributed by atoms with van der Waals surface area (Å²) in [5.74, 6) is 0.346. The van der Waals surface area contributed by atoms with Crippen molar-refractivity contribution >= 4 is 41.8 Å². The second kappa shape index (κ2) is 14.6. The van der Waals surface area contributed by atoms with Crippen LogP contribution in [-0.4, -0.2) is 7.42 Å². The molecule has 272 valence electrons. The number of benzene rings is 4. The molecule has 0 amide bonds. The van der Waals surface area contributed by atoms with Gasteiger partial charge in [0.15, 0.2) is 0 Å². The van der Waals surface area contributed by atoms with Crippen molar-refractivity contribution in [1.29, 1.82) is 0 Å². The molecule has 0 bridgehead atoms. The zero-order chi connectivity index (χ0) is 36.0. The van der Waals surface area contributed by atoms with Crippen LogP contribution in [0.5, 0.6) is 0 Å². The van der Waals surface area contributed by atoms with Crippen LogP contribution in [0.4, 0.5) is 0 Å². The van der Waals surface area contributed by atoms with Gasteiger partial charge in [0.05, 0.1) is 0 Å². The Morgan fingerprint density at radius 3 is 1.42 bits per heavy atom. The predicted octanol–water partition coefficient (Wildman–Crippen LogP) is 7.58. The third-order valence-electron chi connectivity index (χ3n) is 12.4. The average Bonchev–Trinajstić information content (AvgIpc) is 3.61. The van der Waals surface area contributed by atoms with Crippen LogP contribution in [0.1, 0.15) is 116 Å². The molecule has 0 saturated carbocycles. The Labute approximate surface area is 343 Å². The smallest absolute Gasteiger partial charge is 1.00 e. The van der Waals surface area contributed by atoms with Crippen molar-refractivity contribution in [1.82, 2.24) is 0 Å². The van der Waals surface area contributed by atoms with Crippen LogP contribution in [0.15, 0.2) is 106 Å². The molecular formula is C48H48Cl4Zr. The maximum absolute atomic E-state index is 6.52. The Kier molecular flexibility index (Phi) is 11.1. The van der Waals surface area contributed by atoms with Gasteiger partial charge in [-0.3, -0.25) is 0 Å². The van der Waals surface area contributed by atoms with E-state index < -0.39 is 19.3 Å². The van der Waals surface area contributed by atoms with E-state index in [0.29, 0.717) is 5.92 Å². The van der Waals surface area contributed by atoms with E-state index in [1.54, 1.807) is 3.28 Å². The van der Waals surface area contributed by atoms with E-state index in [4.69, 9.17) is 23.2 Å². The summed E-state index contributed by atoms with van der Waals surface area (Å²) in [6, 6.07) is 27.6. The van der Waals surface area contributed by atoms with Gasteiger partial charge in [0.25, 0.3) is 0 Å². The third-order valence-corrected chi connectivity index (χ3v) is 24.7. The van der Waals surface area contributed by atoms with E-state index in [9.17, 15) is 0 Å². The van der Waals surface area contributed by atoms with Gasteiger partial charge in [-0.25, -0.2) is 0 Å². The van der Waals surface area contributed by atoms with Gasteiger partial charge < -0.3 is 24.8 Å². The Balaban J connectivity index is 0.00000240. The van der Waals surface area contributed by atoms with E-state index in [2.05, 4.69) is 160 Å². The maximum atomic E-state index is 6.52. The number of allylic oxidation sites excluding steroid dienone is 8. The van der Waals surface area contributed by atoms with Crippen molar-refractivity contribution in [3.05, 3.63) is 161 Å². The van der Waals surface area contributed by atoms with Gasteiger partial charge in [0.1, 0.15) is 0 Å². The summed E-state index contributed by atoms with van der Waals surface area (Å²) in [4.78, 5) is 0. The summed E-state index contributed by atoms with van der Waals surface area (Å²) in [5, 5.41) is 1.54. The minimum Gasteiger partial charge on any atom is -1.00 e. The molecule has 4 aromatic rings. The topological polar surface area (TPSA) is 0 Å². The largest absolute Gasteiger partial charge is 1.00 e. The molecule has 0 fully saturated rings. The summed E-state index contributed by atoms with van der Waals surface area (Å²) in [6.07, 6.45) is 12.1. The average molecular weight is 858 g/mol. The van der Waals surface area contributed by atoms with E-state index in [1.165, 1.54) is 72.4 Å². The number of hydrogen-bond donors (Lipinski definition) is 0. The Morgan fingerprint density at radius 1 is 0.623 bits per heavy atom. The van der Waals surface area contributed by atoms with Crippen LogP contribution in [0.25, 0.3) is 22.3 Å². The molecule has 0 N–H and O–H groups in total. The molecule has 0 aromatic heterocycles. The van der Waals surface area contributed by atoms with Gasteiger partial charge in [-0.2, -0.15) is 0 Å². The molecule has 4 aliphatic carbocycles. The minimum atomic E-state index is -4.01. The van der Waals surface area contributed by atoms with E-state index in [0.717, 1.165) is 22.9 Å². The molecule has 4 aliphatic rings. The van der Waals surface area contributed by atoms with Gasteiger partial charge in [-0.15, -0.1) is 0 Å². The van der Waals surface area contributed by atoms with Crippen LogP contribution in [-0.2, 0) is 30.1 Å². The summed E-state index contributed by atoms with van der Waals surface area (Å²) < 4.78 is 7.37. The van der Waals surface area contributed by atoms with Crippen molar-refractivity contribution in [3.63, 3.8) is 0 Å². The van der Waals surface area contributed by atoms with Gasteiger partial charge in [0, 0.05) is 0 Å². The molecule has 0 saturated heterocycles. The van der Waals surface area contributed by atoms with Gasteiger partial charge in [-0.1, -0.05) is 0 Å². The molecule has 5 heteroatoms. The minimum absolute atomic E-state index is 0. The second-order valence-corrected chi connectivity index (χ2v) is 26.7. The molecule has 53 heavy (non-hydrogen) atoms. The van der Waals surface area contributed by atoms with Crippen molar-refractivity contribution in [2.24, 2.45) is 5.92 Å². The Bertz CT molecular complexity index is 2240. The van der Waals surface area contributed by atoms with Crippen LogP contribution < -0.4 is 24.8 Å². The van der Waals surface area contributed by atoms with E-state index in [-0.39, 0.29) is 39.3 Å². The first-order valence-electron chi connectivity index (χ1n) is 18.5. The first kappa shape index (κ1) is 40.3. The second-order valence-electron chi connectivity index (χ2n) is 17.0. The molecule has 0 radical (unpaired) electrons. The SMILES string of the molecule is CC1=CC(C)[C]([Zr+2](=[CH]c2ccc(Cl)cc2)(=[CH]c2ccc(Cl)cc2)[CH]2c3cc4c(cc3-c3cc5c(cc32)C(C)(C)CC=C5C)C(C)=CCC4(C)C)=C1.[Cl-].[Cl-]. The van der Waals surface area contributed by atoms with Crippen molar-refractivity contribution in [2.45, 2.75) is 82.7 Å². The molecule has 0 nitrogen and oxygen atoms in total. The molecule has 1 atom stereocenters. The van der Waals surface area contributed by atoms with Crippen LogP contribution >= 0.6 is 23.2 Å². The number of fused-ring (bicyclic) bond motifs is 5. The van der Waals surface area contributed by atoms with Crippen LogP contribution in [0, 0.1) is 5.92 Å².